The first-order chi connectivity index (χ1) is 18.5. The Morgan fingerprint density at radius 2 is 1.92 bits per heavy atom. The van der Waals surface area contributed by atoms with Crippen LogP contribution in [0, 0.1) is 0 Å². The summed E-state index contributed by atoms with van der Waals surface area (Å²) in [6, 6.07) is 16.3. The maximum atomic E-state index is 14.0. The predicted octanol–water partition coefficient (Wildman–Crippen LogP) is 4.78. The smallest absolute Gasteiger partial charge is 0.338 e. The molecule has 0 fully saturated rings. The van der Waals surface area contributed by atoms with Gasteiger partial charge in [-0.15, -0.1) is 11.3 Å². The van der Waals surface area contributed by atoms with Gasteiger partial charge in [0.15, 0.2) is 16.3 Å². The fraction of sp³-hybridized carbons (Fsp3) is 0.179. The number of methoxy groups -OCH3 is 2. The summed E-state index contributed by atoms with van der Waals surface area (Å²) in [5, 5.41) is 1.93. The van der Waals surface area contributed by atoms with Crippen molar-refractivity contribution < 1.29 is 19.0 Å². The normalized spacial score (nSPS) is 15.2. The van der Waals surface area contributed by atoms with Crippen LogP contribution in [-0.4, -0.2) is 31.4 Å². The zero-order valence-electron chi connectivity index (χ0n) is 20.8. The van der Waals surface area contributed by atoms with E-state index >= 15 is 0 Å². The van der Waals surface area contributed by atoms with Crippen LogP contribution in [0.1, 0.15) is 29.0 Å². The molecule has 4 aromatic rings. The molecule has 0 saturated carbocycles. The van der Waals surface area contributed by atoms with E-state index in [2.05, 4.69) is 15.9 Å². The van der Waals surface area contributed by atoms with Crippen LogP contribution in [0.3, 0.4) is 0 Å². The van der Waals surface area contributed by atoms with Gasteiger partial charge < -0.3 is 14.2 Å². The largest absolute Gasteiger partial charge is 0.493 e. The van der Waals surface area contributed by atoms with E-state index < -0.39 is 12.0 Å². The number of carbonyl (C=O) groups excluding carboxylic acids is 1. The molecule has 1 aliphatic heterocycles. The molecule has 0 spiro atoms. The van der Waals surface area contributed by atoms with Crippen LogP contribution in [0.15, 0.2) is 79.8 Å². The molecule has 1 unspecified atom stereocenters. The highest BCUT2D eigenvalue weighted by Gasteiger charge is 2.35. The number of thiazole rings is 1. The Balaban J connectivity index is 1.82. The van der Waals surface area contributed by atoms with Gasteiger partial charge in [0.1, 0.15) is 6.04 Å². The standard InChI is InChI=1S/C28H23BrN2O5S2/c1-4-36-27(33)22-23(16-9-6-5-7-10-16)30-28-31(24(22)20-11-8-12-37-20)26(32)21(38-28)14-17-13-18(29)15-19(34-2)25(17)35-3/h5-15,24H,4H2,1-3H3. The summed E-state index contributed by atoms with van der Waals surface area (Å²) in [5.41, 5.74) is 2.01. The second-order valence-electron chi connectivity index (χ2n) is 8.18. The molecular formula is C28H23BrN2O5S2. The SMILES string of the molecule is CCOC(=O)C1=C(c2ccccc2)N=c2sc(=Cc3cc(Br)cc(OC)c3OC)c(=O)n2C1c1cccs1. The van der Waals surface area contributed by atoms with Gasteiger partial charge >= 0.3 is 5.97 Å². The summed E-state index contributed by atoms with van der Waals surface area (Å²) in [5.74, 6) is 0.544. The molecule has 0 aliphatic carbocycles. The van der Waals surface area contributed by atoms with E-state index in [0.29, 0.717) is 37.7 Å². The zero-order chi connectivity index (χ0) is 26.8. The maximum absolute atomic E-state index is 14.0. The Kier molecular flexibility index (Phi) is 7.64. The third kappa shape index (κ3) is 4.75. The summed E-state index contributed by atoms with van der Waals surface area (Å²) in [6.45, 7) is 1.96. The molecule has 3 heterocycles. The van der Waals surface area contributed by atoms with Crippen LogP contribution in [-0.2, 0) is 9.53 Å². The minimum absolute atomic E-state index is 0.205. The molecule has 38 heavy (non-hydrogen) atoms. The topological polar surface area (TPSA) is 79.1 Å². The number of ether oxygens (including phenoxy) is 3. The summed E-state index contributed by atoms with van der Waals surface area (Å²) >= 11 is 6.23. The van der Waals surface area contributed by atoms with Gasteiger partial charge in [-0.25, -0.2) is 9.79 Å². The van der Waals surface area contributed by atoms with Gasteiger partial charge in [0, 0.05) is 20.5 Å². The average molecular weight is 612 g/mol. The Morgan fingerprint density at radius 1 is 1.13 bits per heavy atom. The van der Waals surface area contributed by atoms with Crippen LogP contribution in [0.2, 0.25) is 0 Å². The fourth-order valence-corrected chi connectivity index (χ4v) is 6.63. The van der Waals surface area contributed by atoms with Crippen molar-refractivity contribution in [2.24, 2.45) is 4.99 Å². The number of carbonyl (C=O) groups is 1. The van der Waals surface area contributed by atoms with Gasteiger partial charge in [-0.2, -0.15) is 0 Å². The van der Waals surface area contributed by atoms with Crippen LogP contribution in [0.4, 0.5) is 0 Å². The summed E-state index contributed by atoms with van der Waals surface area (Å²) in [6.07, 6.45) is 1.76. The van der Waals surface area contributed by atoms with Gasteiger partial charge in [0.25, 0.3) is 5.56 Å². The Labute approximate surface area is 235 Å². The number of thiophene rings is 1. The highest BCUT2D eigenvalue weighted by atomic mass is 79.9. The number of hydrogen-bond donors (Lipinski definition) is 0. The van der Waals surface area contributed by atoms with Gasteiger partial charge in [-0.3, -0.25) is 9.36 Å². The highest BCUT2D eigenvalue weighted by Crippen LogP contribution is 2.37. The van der Waals surface area contributed by atoms with Crippen LogP contribution in [0.5, 0.6) is 11.5 Å². The first kappa shape index (κ1) is 26.1. The van der Waals surface area contributed by atoms with E-state index in [0.717, 1.165) is 14.9 Å². The molecule has 2 aromatic carbocycles. The van der Waals surface area contributed by atoms with Gasteiger partial charge in [-0.1, -0.05) is 63.7 Å². The third-order valence-corrected chi connectivity index (χ3v) is 8.31. The minimum Gasteiger partial charge on any atom is -0.493 e. The molecule has 7 nitrogen and oxygen atoms in total. The first-order valence-corrected chi connectivity index (χ1v) is 14.2. The number of aromatic nitrogens is 1. The Bertz CT molecular complexity index is 1710. The second kappa shape index (κ2) is 11.1. The Hall–Kier alpha value is -3.47. The van der Waals surface area contributed by atoms with E-state index in [-0.39, 0.29) is 12.2 Å². The van der Waals surface area contributed by atoms with Crippen LogP contribution < -0.4 is 24.4 Å². The summed E-state index contributed by atoms with van der Waals surface area (Å²) < 4.78 is 19.4. The van der Waals surface area contributed by atoms with Crippen molar-refractivity contribution in [2.45, 2.75) is 13.0 Å². The lowest BCUT2D eigenvalue weighted by molar-refractivity contribution is -0.138. The van der Waals surface area contributed by atoms with Crippen molar-refractivity contribution >= 4 is 56.3 Å². The maximum Gasteiger partial charge on any atom is 0.338 e. The lowest BCUT2D eigenvalue weighted by Crippen LogP contribution is -2.39. The van der Waals surface area contributed by atoms with Crippen molar-refractivity contribution in [3.8, 4) is 11.5 Å². The first-order valence-electron chi connectivity index (χ1n) is 11.7. The molecule has 0 N–H and O–H groups in total. The van der Waals surface area contributed by atoms with E-state index in [4.69, 9.17) is 19.2 Å². The lowest BCUT2D eigenvalue weighted by Gasteiger charge is -2.24. The van der Waals surface area contributed by atoms with E-state index in [1.807, 2.05) is 53.9 Å². The number of benzene rings is 2. The zero-order valence-corrected chi connectivity index (χ0v) is 24.0. The summed E-state index contributed by atoms with van der Waals surface area (Å²) in [7, 11) is 3.12. The predicted molar refractivity (Wildman–Crippen MR) is 153 cm³/mol. The monoisotopic (exact) mass is 610 g/mol. The third-order valence-electron chi connectivity index (χ3n) is 5.95. The quantitative estimate of drug-likeness (QED) is 0.281. The van der Waals surface area contributed by atoms with Gasteiger partial charge in [-0.05, 0) is 36.6 Å². The minimum atomic E-state index is -0.679. The average Bonchev–Trinajstić information content (AvgIpc) is 3.56. The molecule has 194 valence electrons. The van der Waals surface area contributed by atoms with Gasteiger partial charge in [0.05, 0.1) is 36.6 Å². The molecule has 1 atom stereocenters. The van der Waals surface area contributed by atoms with Gasteiger partial charge in [0.2, 0.25) is 0 Å². The lowest BCUT2D eigenvalue weighted by atomic mass is 9.97. The van der Waals surface area contributed by atoms with Crippen molar-refractivity contribution in [2.75, 3.05) is 20.8 Å². The van der Waals surface area contributed by atoms with Crippen LogP contribution in [0.25, 0.3) is 11.8 Å². The van der Waals surface area contributed by atoms with Crippen LogP contribution >= 0.6 is 38.6 Å². The molecular weight excluding hydrogens is 588 g/mol. The number of hydrogen-bond acceptors (Lipinski definition) is 8. The Morgan fingerprint density at radius 3 is 2.58 bits per heavy atom. The molecule has 0 bridgehead atoms. The number of rotatable bonds is 7. The molecule has 1 aliphatic rings. The van der Waals surface area contributed by atoms with Crippen molar-refractivity contribution in [3.05, 3.63) is 106 Å². The van der Waals surface area contributed by atoms with Crippen molar-refractivity contribution in [3.63, 3.8) is 0 Å². The number of halogens is 1. The van der Waals surface area contributed by atoms with E-state index in [9.17, 15) is 9.59 Å². The molecule has 2 aromatic heterocycles. The van der Waals surface area contributed by atoms with Crippen molar-refractivity contribution in [1.82, 2.24) is 4.57 Å². The summed E-state index contributed by atoms with van der Waals surface area (Å²) in [4.78, 5) is 33.6. The molecule has 0 radical (unpaired) electrons. The number of fused-ring (bicyclic) bond motifs is 1. The van der Waals surface area contributed by atoms with E-state index in [1.165, 1.54) is 22.7 Å². The number of nitrogens with zero attached hydrogens (tertiary/aromatic N) is 2. The molecule has 10 heteroatoms. The highest BCUT2D eigenvalue weighted by molar-refractivity contribution is 9.10. The van der Waals surface area contributed by atoms with Crippen molar-refractivity contribution in [1.29, 1.82) is 0 Å². The fourth-order valence-electron chi connectivity index (χ4n) is 4.36. The second-order valence-corrected chi connectivity index (χ2v) is 11.1. The van der Waals surface area contributed by atoms with E-state index in [1.54, 1.807) is 37.9 Å². The molecule has 0 amide bonds. The number of esters is 1. The molecule has 5 rings (SSSR count). The molecule has 0 saturated heterocycles.